The highest BCUT2D eigenvalue weighted by molar-refractivity contribution is 5.94. The molecule has 0 atom stereocenters. The van der Waals surface area contributed by atoms with Crippen LogP contribution in [0.25, 0.3) is 0 Å². The molecule has 1 heterocycles. The lowest BCUT2D eigenvalue weighted by molar-refractivity contribution is -0.274. The van der Waals surface area contributed by atoms with E-state index in [-0.39, 0.29) is 17.5 Å². The maximum Gasteiger partial charge on any atom is 0.573 e. The number of hydrogen-bond donors (Lipinski definition) is 2. The van der Waals surface area contributed by atoms with E-state index in [9.17, 15) is 18.0 Å². The van der Waals surface area contributed by atoms with Crippen LogP contribution in [0.2, 0.25) is 0 Å². The Balaban J connectivity index is 2.06. The standard InChI is InChI=1S/C13H15F3N2O2/c14-13(15,16)20-11-4-2-1-3-10(11)18-12(19)9-5-7-17-8-6-9/h1-4,9,17H,5-8H2,(H,18,19). The maximum atomic E-state index is 12.3. The smallest absolute Gasteiger partial charge is 0.404 e. The third kappa shape index (κ3) is 4.12. The van der Waals surface area contributed by atoms with Crippen molar-refractivity contribution in [1.29, 1.82) is 0 Å². The van der Waals surface area contributed by atoms with Crippen molar-refractivity contribution in [2.75, 3.05) is 18.4 Å². The van der Waals surface area contributed by atoms with E-state index < -0.39 is 12.1 Å². The molecule has 1 aliphatic rings. The zero-order chi connectivity index (χ0) is 14.6. The summed E-state index contributed by atoms with van der Waals surface area (Å²) in [5, 5.41) is 5.63. The van der Waals surface area contributed by atoms with Crippen molar-refractivity contribution >= 4 is 11.6 Å². The molecular weight excluding hydrogens is 273 g/mol. The number of alkyl halides is 3. The molecular formula is C13H15F3N2O2. The van der Waals surface area contributed by atoms with E-state index >= 15 is 0 Å². The van der Waals surface area contributed by atoms with Gasteiger partial charge in [0.15, 0.2) is 5.75 Å². The van der Waals surface area contributed by atoms with Crippen LogP contribution in [0.4, 0.5) is 18.9 Å². The van der Waals surface area contributed by atoms with Crippen molar-refractivity contribution in [3.05, 3.63) is 24.3 Å². The highest BCUT2D eigenvalue weighted by Crippen LogP contribution is 2.30. The number of rotatable bonds is 3. The molecule has 7 heteroatoms. The Kier molecular flexibility index (Phi) is 4.49. The first-order valence-corrected chi connectivity index (χ1v) is 6.32. The van der Waals surface area contributed by atoms with Crippen molar-refractivity contribution in [1.82, 2.24) is 5.32 Å². The minimum Gasteiger partial charge on any atom is -0.404 e. The topological polar surface area (TPSA) is 50.4 Å². The summed E-state index contributed by atoms with van der Waals surface area (Å²) in [7, 11) is 0. The molecule has 1 aromatic carbocycles. The Morgan fingerprint density at radius 1 is 1.25 bits per heavy atom. The minimum absolute atomic E-state index is 0.0355. The number of halogens is 3. The summed E-state index contributed by atoms with van der Waals surface area (Å²) in [6.45, 7) is 1.47. The van der Waals surface area contributed by atoms with E-state index in [1.54, 1.807) is 6.07 Å². The Hall–Kier alpha value is -1.76. The van der Waals surface area contributed by atoms with Crippen LogP contribution in [-0.2, 0) is 4.79 Å². The normalized spacial score (nSPS) is 16.8. The van der Waals surface area contributed by atoms with Crippen LogP contribution in [0, 0.1) is 5.92 Å². The minimum atomic E-state index is -4.78. The second kappa shape index (κ2) is 6.13. The van der Waals surface area contributed by atoms with Gasteiger partial charge < -0.3 is 15.4 Å². The van der Waals surface area contributed by atoms with Crippen LogP contribution in [0.15, 0.2) is 24.3 Å². The first-order valence-electron chi connectivity index (χ1n) is 6.32. The number of benzene rings is 1. The van der Waals surface area contributed by atoms with Gasteiger partial charge in [0.1, 0.15) is 0 Å². The fraction of sp³-hybridized carbons (Fsp3) is 0.462. The van der Waals surface area contributed by atoms with Crippen LogP contribution >= 0.6 is 0 Å². The number of carbonyl (C=O) groups is 1. The summed E-state index contributed by atoms with van der Waals surface area (Å²) < 4.78 is 40.7. The summed E-state index contributed by atoms with van der Waals surface area (Å²) in [6, 6.07) is 5.52. The van der Waals surface area contributed by atoms with Crippen molar-refractivity contribution in [2.45, 2.75) is 19.2 Å². The largest absolute Gasteiger partial charge is 0.573 e. The lowest BCUT2D eigenvalue weighted by Gasteiger charge is -2.22. The monoisotopic (exact) mass is 288 g/mol. The molecule has 1 saturated heterocycles. The highest BCUT2D eigenvalue weighted by atomic mass is 19.4. The van der Waals surface area contributed by atoms with Crippen molar-refractivity contribution in [3.8, 4) is 5.75 Å². The van der Waals surface area contributed by atoms with Gasteiger partial charge in [-0.15, -0.1) is 13.2 Å². The molecule has 0 spiro atoms. The van der Waals surface area contributed by atoms with E-state index in [1.807, 2.05) is 0 Å². The summed E-state index contributed by atoms with van der Waals surface area (Å²) in [5.41, 5.74) is 0.0355. The lowest BCUT2D eigenvalue weighted by Crippen LogP contribution is -2.34. The second-order valence-electron chi connectivity index (χ2n) is 4.56. The van der Waals surface area contributed by atoms with Crippen LogP contribution in [-0.4, -0.2) is 25.4 Å². The fourth-order valence-corrected chi connectivity index (χ4v) is 2.10. The van der Waals surface area contributed by atoms with Gasteiger partial charge in [0.25, 0.3) is 0 Å². The van der Waals surface area contributed by atoms with Gasteiger partial charge in [-0.3, -0.25) is 4.79 Å². The molecule has 2 N–H and O–H groups in total. The molecule has 1 fully saturated rings. The van der Waals surface area contributed by atoms with Crippen molar-refractivity contribution in [2.24, 2.45) is 5.92 Å². The summed E-state index contributed by atoms with van der Waals surface area (Å²) in [5.74, 6) is -0.859. The molecule has 110 valence electrons. The van der Waals surface area contributed by atoms with Gasteiger partial charge in [-0.25, -0.2) is 0 Å². The highest BCUT2D eigenvalue weighted by Gasteiger charge is 2.32. The number of para-hydroxylation sites is 2. The van der Waals surface area contributed by atoms with E-state index in [0.29, 0.717) is 12.8 Å². The zero-order valence-electron chi connectivity index (χ0n) is 10.7. The molecule has 2 rings (SSSR count). The Labute approximate surface area is 114 Å². The van der Waals surface area contributed by atoms with Crippen LogP contribution in [0.5, 0.6) is 5.75 Å². The number of nitrogens with one attached hydrogen (secondary N) is 2. The van der Waals surface area contributed by atoms with Crippen molar-refractivity contribution in [3.63, 3.8) is 0 Å². The number of anilines is 1. The van der Waals surface area contributed by atoms with E-state index in [1.165, 1.54) is 18.2 Å². The van der Waals surface area contributed by atoms with Crippen LogP contribution in [0.3, 0.4) is 0 Å². The molecule has 1 amide bonds. The van der Waals surface area contributed by atoms with Crippen LogP contribution < -0.4 is 15.4 Å². The van der Waals surface area contributed by atoms with E-state index in [0.717, 1.165) is 13.1 Å². The third-order valence-corrected chi connectivity index (χ3v) is 3.08. The zero-order valence-corrected chi connectivity index (χ0v) is 10.7. The number of hydrogen-bond acceptors (Lipinski definition) is 3. The molecule has 1 aromatic rings. The fourth-order valence-electron chi connectivity index (χ4n) is 2.10. The first kappa shape index (κ1) is 14.6. The van der Waals surface area contributed by atoms with Crippen LogP contribution in [0.1, 0.15) is 12.8 Å². The Morgan fingerprint density at radius 3 is 2.55 bits per heavy atom. The van der Waals surface area contributed by atoms with Gasteiger partial charge >= 0.3 is 6.36 Å². The SMILES string of the molecule is O=C(Nc1ccccc1OC(F)(F)F)C1CCNCC1. The molecule has 0 unspecified atom stereocenters. The maximum absolute atomic E-state index is 12.3. The predicted molar refractivity (Wildman–Crippen MR) is 67.3 cm³/mol. The number of ether oxygens (including phenoxy) is 1. The summed E-state index contributed by atoms with van der Waals surface area (Å²) in [6.07, 6.45) is -3.43. The van der Waals surface area contributed by atoms with Gasteiger partial charge in [0, 0.05) is 5.92 Å². The quantitative estimate of drug-likeness (QED) is 0.898. The van der Waals surface area contributed by atoms with Gasteiger partial charge in [0.05, 0.1) is 5.69 Å². The molecule has 0 radical (unpaired) electrons. The number of amides is 1. The summed E-state index contributed by atoms with van der Waals surface area (Å²) in [4.78, 5) is 12.0. The van der Waals surface area contributed by atoms with Gasteiger partial charge in [-0.2, -0.15) is 0 Å². The number of carbonyl (C=O) groups excluding carboxylic acids is 1. The molecule has 0 saturated carbocycles. The molecule has 0 aromatic heterocycles. The van der Waals surface area contributed by atoms with E-state index in [2.05, 4.69) is 15.4 Å². The van der Waals surface area contributed by atoms with Gasteiger partial charge in [-0.05, 0) is 38.1 Å². The average Bonchev–Trinajstić information content (AvgIpc) is 2.40. The van der Waals surface area contributed by atoms with E-state index in [4.69, 9.17) is 0 Å². The number of piperidine rings is 1. The van der Waals surface area contributed by atoms with Gasteiger partial charge in [-0.1, -0.05) is 12.1 Å². The van der Waals surface area contributed by atoms with Crippen molar-refractivity contribution < 1.29 is 22.7 Å². The summed E-state index contributed by atoms with van der Waals surface area (Å²) >= 11 is 0. The molecule has 1 aliphatic heterocycles. The first-order chi connectivity index (χ1) is 9.46. The van der Waals surface area contributed by atoms with Gasteiger partial charge in [0.2, 0.25) is 5.91 Å². The molecule has 0 aliphatic carbocycles. The average molecular weight is 288 g/mol. The second-order valence-corrected chi connectivity index (χ2v) is 4.56. The molecule has 20 heavy (non-hydrogen) atoms. The Morgan fingerprint density at radius 2 is 1.90 bits per heavy atom. The third-order valence-electron chi connectivity index (χ3n) is 3.08. The Bertz CT molecular complexity index is 471. The molecule has 0 bridgehead atoms. The predicted octanol–water partition coefficient (Wildman–Crippen LogP) is 2.52. The molecule has 4 nitrogen and oxygen atoms in total. The lowest BCUT2D eigenvalue weighted by atomic mass is 9.97.